The zero-order valence-corrected chi connectivity index (χ0v) is 23.0. The molecule has 4 atom stereocenters. The van der Waals surface area contributed by atoms with Gasteiger partial charge >= 0.3 is 22.3 Å². The summed E-state index contributed by atoms with van der Waals surface area (Å²) in [6, 6.07) is 7.54. The molecule has 0 aromatic heterocycles. The van der Waals surface area contributed by atoms with Crippen LogP contribution in [0.2, 0.25) is 0 Å². The van der Waals surface area contributed by atoms with Gasteiger partial charge in [0.2, 0.25) is 17.7 Å². The third-order valence-corrected chi connectivity index (χ3v) is 7.64. The molecule has 4 amide bonds. The summed E-state index contributed by atoms with van der Waals surface area (Å²) < 4.78 is 32.8. The Labute approximate surface area is 237 Å². The molecule has 0 bridgehead atoms. The van der Waals surface area contributed by atoms with Crippen molar-refractivity contribution < 1.29 is 42.2 Å². The number of hydrogen-bond acceptors (Lipinski definition) is 8. The van der Waals surface area contributed by atoms with Gasteiger partial charge in [-0.2, -0.15) is 13.1 Å². The average molecular weight is 592 g/mol. The van der Waals surface area contributed by atoms with E-state index in [1.807, 2.05) is 4.72 Å². The van der Waals surface area contributed by atoms with Gasteiger partial charge in [-0.1, -0.05) is 30.3 Å². The van der Waals surface area contributed by atoms with E-state index in [4.69, 9.17) is 9.84 Å². The summed E-state index contributed by atoms with van der Waals surface area (Å²) in [7, 11) is -4.41. The lowest BCUT2D eigenvalue weighted by molar-refractivity contribution is -0.138. The van der Waals surface area contributed by atoms with Crippen LogP contribution in [0.3, 0.4) is 0 Å². The first kappa shape index (κ1) is 31.4. The molecule has 1 aromatic carbocycles. The Balaban J connectivity index is 1.37. The number of hydrogen-bond donors (Lipinski definition) is 6. The summed E-state index contributed by atoms with van der Waals surface area (Å²) in [5.41, 5.74) is 0.698. The smallest absolute Gasteiger partial charge is 0.421 e. The molecule has 0 spiro atoms. The second kappa shape index (κ2) is 15.0. The summed E-state index contributed by atoms with van der Waals surface area (Å²) in [4.78, 5) is 59.6. The number of amides is 4. The molecule has 41 heavy (non-hydrogen) atoms. The number of carboxylic acids is 1. The van der Waals surface area contributed by atoms with Crippen LogP contribution in [0.1, 0.15) is 31.2 Å². The fourth-order valence-corrected chi connectivity index (χ4v) is 5.29. The molecule has 0 aliphatic heterocycles. The second-order valence-corrected chi connectivity index (χ2v) is 11.1. The first-order valence-electron chi connectivity index (χ1n) is 13.0. The summed E-state index contributed by atoms with van der Waals surface area (Å²) in [6.07, 6.45) is 2.32. The molecule has 2 aliphatic rings. The number of aliphatic carboxylic acids is 1. The third kappa shape index (κ3) is 11.1. The van der Waals surface area contributed by atoms with E-state index in [2.05, 4.69) is 27.8 Å². The number of fused-ring (bicyclic) bond motifs is 1. The highest BCUT2D eigenvalue weighted by molar-refractivity contribution is 7.88. The van der Waals surface area contributed by atoms with Crippen molar-refractivity contribution in [3.05, 3.63) is 35.9 Å². The summed E-state index contributed by atoms with van der Waals surface area (Å²) in [5, 5.41) is 15.6. The summed E-state index contributed by atoms with van der Waals surface area (Å²) in [5.74, 6) is 3.52. The second-order valence-electron chi connectivity index (χ2n) is 9.65. The maximum atomic E-state index is 12.4. The Morgan fingerprint density at radius 2 is 1.59 bits per heavy atom. The molecule has 1 fully saturated rings. The van der Waals surface area contributed by atoms with Gasteiger partial charge < -0.3 is 25.8 Å². The minimum atomic E-state index is -4.41. The quantitative estimate of drug-likeness (QED) is 0.147. The molecule has 0 saturated heterocycles. The Morgan fingerprint density at radius 1 is 0.927 bits per heavy atom. The number of carbonyl (C=O) groups excluding carboxylic acids is 4. The van der Waals surface area contributed by atoms with Crippen molar-refractivity contribution >= 4 is 40.0 Å². The lowest BCUT2D eigenvalue weighted by Crippen LogP contribution is -2.52. The van der Waals surface area contributed by atoms with Crippen molar-refractivity contribution in [2.24, 2.45) is 17.8 Å². The Kier molecular flexibility index (Phi) is 11.5. The van der Waals surface area contributed by atoms with Crippen molar-refractivity contribution in [1.29, 1.82) is 0 Å². The predicted octanol–water partition coefficient (Wildman–Crippen LogP) is -0.969. The van der Waals surface area contributed by atoms with Crippen molar-refractivity contribution in [3.8, 4) is 11.8 Å². The third-order valence-electron chi connectivity index (χ3n) is 6.68. The van der Waals surface area contributed by atoms with Crippen LogP contribution in [-0.2, 0) is 40.5 Å². The largest absolute Gasteiger partial charge is 0.480 e. The van der Waals surface area contributed by atoms with E-state index >= 15 is 0 Å². The Morgan fingerprint density at radius 3 is 2.22 bits per heavy atom. The van der Waals surface area contributed by atoms with Gasteiger partial charge in [-0.05, 0) is 36.2 Å². The average Bonchev–Trinajstić information content (AvgIpc) is 3.56. The Bertz CT molecular complexity index is 1280. The van der Waals surface area contributed by atoms with Crippen LogP contribution in [0.25, 0.3) is 0 Å². The molecular formula is C26H33N5O9S. The maximum absolute atomic E-state index is 12.4. The van der Waals surface area contributed by atoms with Gasteiger partial charge in [-0.15, -0.1) is 11.8 Å². The SMILES string of the molecule is O=C(O)CNC(=O)[C@H](Cc1ccccc1)NC(=O)CNC(=O)CNS(=O)(=O)NC(=O)OCC1[C@H]2CCC#CCC[C@@H]12. The molecule has 0 radical (unpaired) electrons. The van der Waals surface area contributed by atoms with Gasteiger partial charge in [0.05, 0.1) is 19.7 Å². The van der Waals surface area contributed by atoms with E-state index in [9.17, 15) is 32.4 Å². The predicted molar refractivity (Wildman–Crippen MR) is 144 cm³/mol. The molecule has 3 rings (SSSR count). The molecule has 1 aromatic rings. The van der Waals surface area contributed by atoms with Crippen LogP contribution in [0.4, 0.5) is 4.79 Å². The number of ether oxygens (including phenoxy) is 1. The standard InChI is InChI=1S/C26H33N5O9S/c32-22(14-29-41(38,39)31-26(37)40-16-20-18-10-6-1-2-7-11-19(18)20)27-13-23(33)30-21(25(36)28-15-24(34)35)12-17-8-4-3-5-9-17/h3-5,8-9,18-21,29H,6-7,10-16H2,(H,27,32)(H,28,36)(H,30,33)(H,31,37)(H,34,35)/t18-,19+,20?,21-/m0/s1. The van der Waals surface area contributed by atoms with Crippen molar-refractivity contribution in [3.63, 3.8) is 0 Å². The molecule has 15 heteroatoms. The monoisotopic (exact) mass is 591 g/mol. The number of rotatable bonds is 14. The zero-order chi connectivity index (χ0) is 29.8. The molecule has 0 heterocycles. The number of nitrogens with one attached hydrogen (secondary N) is 5. The minimum Gasteiger partial charge on any atom is -0.480 e. The minimum absolute atomic E-state index is 0.0595. The van der Waals surface area contributed by atoms with Gasteiger partial charge in [-0.3, -0.25) is 19.2 Å². The van der Waals surface area contributed by atoms with Gasteiger partial charge in [0.25, 0.3) is 0 Å². The molecule has 14 nitrogen and oxygen atoms in total. The molecule has 2 aliphatic carbocycles. The fourth-order valence-electron chi connectivity index (χ4n) is 4.62. The molecule has 1 saturated carbocycles. The van der Waals surface area contributed by atoms with E-state index in [1.54, 1.807) is 35.1 Å². The van der Waals surface area contributed by atoms with Crippen LogP contribution >= 0.6 is 0 Å². The number of benzene rings is 1. The maximum Gasteiger partial charge on any atom is 0.421 e. The first-order valence-corrected chi connectivity index (χ1v) is 14.5. The number of carbonyl (C=O) groups is 5. The van der Waals surface area contributed by atoms with E-state index in [-0.39, 0.29) is 18.9 Å². The van der Waals surface area contributed by atoms with Crippen LogP contribution in [0.15, 0.2) is 30.3 Å². The van der Waals surface area contributed by atoms with Crippen LogP contribution in [0.5, 0.6) is 0 Å². The van der Waals surface area contributed by atoms with Gasteiger partial charge in [0, 0.05) is 19.3 Å². The normalized spacial score (nSPS) is 19.9. The zero-order valence-electron chi connectivity index (χ0n) is 22.2. The number of carboxylic acid groups (broad SMARTS) is 1. The van der Waals surface area contributed by atoms with Crippen molar-refractivity contribution in [2.45, 2.75) is 38.1 Å². The molecular weight excluding hydrogens is 558 g/mol. The first-order chi connectivity index (χ1) is 19.5. The van der Waals surface area contributed by atoms with E-state index in [1.165, 1.54) is 0 Å². The van der Waals surface area contributed by atoms with E-state index < -0.39 is 65.7 Å². The highest BCUT2D eigenvalue weighted by atomic mass is 32.2. The van der Waals surface area contributed by atoms with Gasteiger partial charge in [-0.25, -0.2) is 9.52 Å². The van der Waals surface area contributed by atoms with Crippen molar-refractivity contribution in [1.82, 2.24) is 25.4 Å². The van der Waals surface area contributed by atoms with E-state index in [0.29, 0.717) is 17.4 Å². The fraction of sp³-hybridized carbons (Fsp3) is 0.500. The highest BCUT2D eigenvalue weighted by Crippen LogP contribution is 2.52. The summed E-state index contributed by atoms with van der Waals surface area (Å²) in [6.45, 7) is -1.93. The molecule has 222 valence electrons. The highest BCUT2D eigenvalue weighted by Gasteiger charge is 2.49. The van der Waals surface area contributed by atoms with Gasteiger partial charge in [0.15, 0.2) is 0 Å². The van der Waals surface area contributed by atoms with Gasteiger partial charge in [0.1, 0.15) is 12.6 Å². The van der Waals surface area contributed by atoms with Crippen LogP contribution < -0.4 is 25.4 Å². The molecule has 1 unspecified atom stereocenters. The Hall–Kier alpha value is -4.16. The van der Waals surface area contributed by atoms with Crippen LogP contribution in [0, 0.1) is 29.6 Å². The molecule has 6 N–H and O–H groups in total. The van der Waals surface area contributed by atoms with E-state index in [0.717, 1.165) is 25.7 Å². The summed E-state index contributed by atoms with van der Waals surface area (Å²) >= 11 is 0. The van der Waals surface area contributed by atoms with Crippen LogP contribution in [-0.4, -0.2) is 75.6 Å². The topological polar surface area (TPSA) is 209 Å². The lowest BCUT2D eigenvalue weighted by atomic mass is 10.1. The lowest BCUT2D eigenvalue weighted by Gasteiger charge is -2.18. The van der Waals surface area contributed by atoms with Crippen molar-refractivity contribution in [2.75, 3.05) is 26.2 Å².